The fourth-order valence-corrected chi connectivity index (χ4v) is 3.56. The standard InChI is InChI=1S/C10H13NO4/c1-14-9(12)5-3-2-4-6(5)10(13)15-8(4)7(3)11/h3-8H,2,11H2,1H3. The Hall–Kier alpha value is -1.10. The quantitative estimate of drug-likeness (QED) is 0.580. The third-order valence-electron chi connectivity index (χ3n) is 4.15. The third-order valence-corrected chi connectivity index (χ3v) is 4.15. The summed E-state index contributed by atoms with van der Waals surface area (Å²) in [6, 6.07) is -0.193. The number of esters is 2. The molecule has 3 rings (SSSR count). The topological polar surface area (TPSA) is 78.6 Å². The molecule has 15 heavy (non-hydrogen) atoms. The van der Waals surface area contributed by atoms with Crippen molar-refractivity contribution in [3.8, 4) is 0 Å². The second-order valence-corrected chi connectivity index (χ2v) is 4.62. The van der Waals surface area contributed by atoms with E-state index in [0.717, 1.165) is 6.42 Å². The predicted molar refractivity (Wildman–Crippen MR) is 48.4 cm³/mol. The van der Waals surface area contributed by atoms with Crippen LogP contribution in [0.5, 0.6) is 0 Å². The summed E-state index contributed by atoms with van der Waals surface area (Å²) in [6.07, 6.45) is 0.663. The number of fused-ring (bicyclic) bond motifs is 1. The summed E-state index contributed by atoms with van der Waals surface area (Å²) in [6.45, 7) is 0. The van der Waals surface area contributed by atoms with Gasteiger partial charge in [-0.3, -0.25) is 9.59 Å². The fourth-order valence-electron chi connectivity index (χ4n) is 3.56. The summed E-state index contributed by atoms with van der Waals surface area (Å²) in [4.78, 5) is 23.2. The van der Waals surface area contributed by atoms with Crippen molar-refractivity contribution in [1.29, 1.82) is 0 Å². The van der Waals surface area contributed by atoms with Gasteiger partial charge < -0.3 is 15.2 Å². The number of rotatable bonds is 1. The first kappa shape index (κ1) is 9.15. The molecule has 5 heteroatoms. The molecule has 2 N–H and O–H groups in total. The molecule has 3 fully saturated rings. The Kier molecular flexibility index (Phi) is 1.66. The van der Waals surface area contributed by atoms with Crippen LogP contribution < -0.4 is 5.73 Å². The van der Waals surface area contributed by atoms with Crippen LogP contribution in [0.1, 0.15) is 6.42 Å². The summed E-state index contributed by atoms with van der Waals surface area (Å²) in [7, 11) is 1.34. The van der Waals surface area contributed by atoms with Gasteiger partial charge in [-0.15, -0.1) is 0 Å². The van der Waals surface area contributed by atoms with Gasteiger partial charge in [-0.05, 0) is 12.3 Å². The van der Waals surface area contributed by atoms with Gasteiger partial charge in [0.15, 0.2) is 0 Å². The number of methoxy groups -OCH3 is 1. The predicted octanol–water partition coefficient (Wildman–Crippen LogP) is -0.706. The van der Waals surface area contributed by atoms with E-state index in [-0.39, 0.29) is 47.8 Å². The lowest BCUT2D eigenvalue weighted by molar-refractivity contribution is -0.153. The molecule has 6 unspecified atom stereocenters. The van der Waals surface area contributed by atoms with Crippen LogP contribution in [0.15, 0.2) is 0 Å². The lowest BCUT2D eigenvalue weighted by Crippen LogP contribution is -2.45. The maximum atomic E-state index is 11.6. The van der Waals surface area contributed by atoms with E-state index in [9.17, 15) is 9.59 Å². The molecule has 2 aliphatic carbocycles. The molecule has 1 heterocycles. The molecule has 5 nitrogen and oxygen atoms in total. The highest BCUT2D eigenvalue weighted by atomic mass is 16.6. The number of ether oxygens (including phenoxy) is 2. The van der Waals surface area contributed by atoms with Crippen molar-refractivity contribution in [1.82, 2.24) is 0 Å². The molecule has 6 atom stereocenters. The minimum Gasteiger partial charge on any atom is -0.469 e. The summed E-state index contributed by atoms with van der Waals surface area (Å²) < 4.78 is 9.94. The number of hydrogen-bond acceptors (Lipinski definition) is 5. The van der Waals surface area contributed by atoms with Gasteiger partial charge in [0.2, 0.25) is 0 Å². The van der Waals surface area contributed by atoms with E-state index in [4.69, 9.17) is 15.2 Å². The number of hydrogen-bond donors (Lipinski definition) is 1. The van der Waals surface area contributed by atoms with Gasteiger partial charge in [0, 0.05) is 12.0 Å². The van der Waals surface area contributed by atoms with E-state index in [2.05, 4.69) is 0 Å². The van der Waals surface area contributed by atoms with Crippen LogP contribution in [0, 0.1) is 23.7 Å². The number of carbonyl (C=O) groups excluding carboxylic acids is 2. The molecule has 82 valence electrons. The van der Waals surface area contributed by atoms with Gasteiger partial charge in [0.1, 0.15) is 6.10 Å². The van der Waals surface area contributed by atoms with Crippen LogP contribution >= 0.6 is 0 Å². The lowest BCUT2D eigenvalue weighted by Gasteiger charge is -2.27. The second kappa shape index (κ2) is 2.72. The van der Waals surface area contributed by atoms with Crippen molar-refractivity contribution < 1.29 is 19.1 Å². The van der Waals surface area contributed by atoms with E-state index < -0.39 is 0 Å². The van der Waals surface area contributed by atoms with Gasteiger partial charge in [0.05, 0.1) is 18.9 Å². The van der Waals surface area contributed by atoms with Crippen LogP contribution in [0.3, 0.4) is 0 Å². The van der Waals surface area contributed by atoms with Crippen LogP contribution in [0.25, 0.3) is 0 Å². The highest BCUT2D eigenvalue weighted by Crippen LogP contribution is 2.57. The Morgan fingerprint density at radius 1 is 1.53 bits per heavy atom. The molecule has 0 spiro atoms. The van der Waals surface area contributed by atoms with E-state index in [1.54, 1.807) is 0 Å². The molecular weight excluding hydrogens is 198 g/mol. The van der Waals surface area contributed by atoms with Gasteiger partial charge in [-0.2, -0.15) is 0 Å². The minimum absolute atomic E-state index is 0.0592. The van der Waals surface area contributed by atoms with Crippen molar-refractivity contribution in [3.05, 3.63) is 0 Å². The van der Waals surface area contributed by atoms with E-state index in [0.29, 0.717) is 0 Å². The Morgan fingerprint density at radius 2 is 2.27 bits per heavy atom. The molecule has 1 aliphatic heterocycles. The Labute approximate surface area is 86.9 Å². The van der Waals surface area contributed by atoms with Gasteiger partial charge in [-0.1, -0.05) is 0 Å². The molecule has 0 aromatic rings. The van der Waals surface area contributed by atoms with Crippen molar-refractivity contribution in [2.45, 2.75) is 18.6 Å². The molecule has 2 saturated carbocycles. The molecule has 1 saturated heterocycles. The van der Waals surface area contributed by atoms with Crippen LogP contribution in [0.2, 0.25) is 0 Å². The maximum absolute atomic E-state index is 11.6. The zero-order valence-electron chi connectivity index (χ0n) is 8.38. The molecule has 2 bridgehead atoms. The summed E-state index contributed by atoms with van der Waals surface area (Å²) in [5.41, 5.74) is 5.96. The summed E-state index contributed by atoms with van der Waals surface area (Å²) >= 11 is 0. The highest BCUT2D eigenvalue weighted by molar-refractivity contribution is 5.86. The smallest absolute Gasteiger partial charge is 0.310 e. The van der Waals surface area contributed by atoms with Crippen molar-refractivity contribution in [2.75, 3.05) is 7.11 Å². The van der Waals surface area contributed by atoms with Gasteiger partial charge in [-0.25, -0.2) is 0 Å². The first-order valence-electron chi connectivity index (χ1n) is 5.19. The molecular formula is C10H13NO4. The molecule has 0 radical (unpaired) electrons. The molecule has 0 aromatic carbocycles. The first-order valence-corrected chi connectivity index (χ1v) is 5.19. The average Bonchev–Trinajstić information content (AvgIpc) is 2.80. The second-order valence-electron chi connectivity index (χ2n) is 4.62. The SMILES string of the molecule is COC(=O)C1C2CC3C(OC(=O)C31)C2N. The largest absolute Gasteiger partial charge is 0.469 e. The van der Waals surface area contributed by atoms with E-state index in [1.807, 2.05) is 0 Å². The highest BCUT2D eigenvalue weighted by Gasteiger charge is 2.67. The first-order chi connectivity index (χ1) is 7.15. The molecule has 3 aliphatic rings. The number of nitrogens with two attached hydrogens (primary N) is 1. The van der Waals surface area contributed by atoms with Crippen LogP contribution in [0.4, 0.5) is 0 Å². The monoisotopic (exact) mass is 211 g/mol. The van der Waals surface area contributed by atoms with E-state index >= 15 is 0 Å². The molecule has 0 aromatic heterocycles. The van der Waals surface area contributed by atoms with Crippen LogP contribution in [-0.4, -0.2) is 31.2 Å². The fraction of sp³-hybridized carbons (Fsp3) is 0.800. The van der Waals surface area contributed by atoms with Gasteiger partial charge >= 0.3 is 11.9 Å². The normalized spacial score (nSPS) is 50.7. The van der Waals surface area contributed by atoms with Crippen LogP contribution in [-0.2, 0) is 19.1 Å². The molecule has 0 amide bonds. The number of carbonyl (C=O) groups is 2. The van der Waals surface area contributed by atoms with Crippen molar-refractivity contribution >= 4 is 11.9 Å². The lowest BCUT2D eigenvalue weighted by atomic mass is 9.78. The minimum atomic E-state index is -0.374. The third kappa shape index (κ3) is 0.916. The zero-order chi connectivity index (χ0) is 10.7. The van der Waals surface area contributed by atoms with Crippen molar-refractivity contribution in [3.63, 3.8) is 0 Å². The summed E-state index contributed by atoms with van der Waals surface area (Å²) in [5.74, 6) is -1.06. The Balaban J connectivity index is 1.98. The van der Waals surface area contributed by atoms with E-state index in [1.165, 1.54) is 7.11 Å². The average molecular weight is 211 g/mol. The van der Waals surface area contributed by atoms with Gasteiger partial charge in [0.25, 0.3) is 0 Å². The summed E-state index contributed by atoms with van der Waals surface area (Å²) in [5, 5.41) is 0. The Bertz CT molecular complexity index is 342. The zero-order valence-corrected chi connectivity index (χ0v) is 8.38. The van der Waals surface area contributed by atoms with Crippen molar-refractivity contribution in [2.24, 2.45) is 29.4 Å². The Morgan fingerprint density at radius 3 is 2.93 bits per heavy atom. The maximum Gasteiger partial charge on any atom is 0.310 e.